The molecule has 0 unspecified atom stereocenters. The molecule has 4 heteroatoms. The van der Waals surface area contributed by atoms with Gasteiger partial charge in [0.15, 0.2) is 0 Å². The van der Waals surface area contributed by atoms with Gasteiger partial charge in [-0.1, -0.05) is 5.70 Å². The molecule has 0 atom stereocenters. The summed E-state index contributed by atoms with van der Waals surface area (Å²) in [5, 5.41) is 0. The van der Waals surface area contributed by atoms with Crippen LogP contribution in [0.1, 0.15) is 0 Å². The van der Waals surface area contributed by atoms with Crippen LogP contribution in [0.4, 0.5) is 0 Å². The highest BCUT2D eigenvalue weighted by Crippen LogP contribution is 2.08. The summed E-state index contributed by atoms with van der Waals surface area (Å²) in [6, 6.07) is 0. The molecule has 0 aromatic carbocycles. The summed E-state index contributed by atoms with van der Waals surface area (Å²) < 4.78 is 0. The third-order valence-electron chi connectivity index (χ3n) is 3.05. The molecule has 0 N–H and O–H groups in total. The maximum atomic E-state index is 3.97. The standard InChI is InChI=1S/C17H24Si4/c1-9-21(8)16-14-19(4,5)12-10-18(2,3)11-13-20(6,7)15-17-21/h9H,1H2,2-8H3. The van der Waals surface area contributed by atoms with E-state index in [4.69, 9.17) is 0 Å². The molecule has 0 nitrogen and oxygen atoms in total. The van der Waals surface area contributed by atoms with Gasteiger partial charge in [0.1, 0.15) is 0 Å². The normalized spacial score (nSPS) is 22.8. The maximum absolute atomic E-state index is 3.97. The first-order valence-electron chi connectivity index (χ1n) is 7.20. The molecule has 0 spiro atoms. The van der Waals surface area contributed by atoms with Gasteiger partial charge in [-0.25, -0.2) is 0 Å². The molecule has 0 aromatic heterocycles. The lowest BCUT2D eigenvalue weighted by molar-refractivity contribution is 1.90. The summed E-state index contributed by atoms with van der Waals surface area (Å²) in [6.07, 6.45) is 0. The van der Waals surface area contributed by atoms with Gasteiger partial charge in [-0.2, -0.15) is 0 Å². The minimum absolute atomic E-state index is 1.79. The van der Waals surface area contributed by atoms with Crippen LogP contribution in [0.5, 0.6) is 0 Å². The highest BCUT2D eigenvalue weighted by molar-refractivity contribution is 7.03. The van der Waals surface area contributed by atoms with Crippen molar-refractivity contribution < 1.29 is 0 Å². The van der Waals surface area contributed by atoms with Crippen LogP contribution in [0, 0.1) is 44.3 Å². The zero-order valence-electron chi connectivity index (χ0n) is 14.3. The molecule has 0 amide bonds. The highest BCUT2D eigenvalue weighted by Gasteiger charge is 2.25. The fourth-order valence-corrected chi connectivity index (χ4v) is 11.5. The third-order valence-corrected chi connectivity index (χ3v) is 10.7. The van der Waals surface area contributed by atoms with Crippen LogP contribution >= 0.6 is 0 Å². The van der Waals surface area contributed by atoms with Gasteiger partial charge in [-0.15, -0.1) is 50.9 Å². The second-order valence-electron chi connectivity index (χ2n) is 7.28. The van der Waals surface area contributed by atoms with Crippen LogP contribution in [-0.2, 0) is 0 Å². The van der Waals surface area contributed by atoms with Gasteiger partial charge in [0.2, 0.25) is 32.3 Å². The number of hydrogen-bond acceptors (Lipinski definition) is 0. The first-order chi connectivity index (χ1) is 9.39. The number of hydrogen-bond donors (Lipinski definition) is 0. The third kappa shape index (κ3) is 6.00. The molecule has 1 heterocycles. The van der Waals surface area contributed by atoms with Gasteiger partial charge in [0.25, 0.3) is 0 Å². The van der Waals surface area contributed by atoms with Crippen LogP contribution in [0.15, 0.2) is 12.3 Å². The van der Waals surface area contributed by atoms with E-state index in [1.807, 2.05) is 5.70 Å². The molecule has 108 valence electrons. The van der Waals surface area contributed by atoms with E-state index in [0.29, 0.717) is 0 Å². The van der Waals surface area contributed by atoms with Gasteiger partial charge in [-0.05, 0) is 45.8 Å². The van der Waals surface area contributed by atoms with Gasteiger partial charge < -0.3 is 0 Å². The van der Waals surface area contributed by atoms with E-state index in [1.54, 1.807) is 0 Å². The van der Waals surface area contributed by atoms with E-state index < -0.39 is 32.3 Å². The molecule has 0 radical (unpaired) electrons. The van der Waals surface area contributed by atoms with Crippen molar-refractivity contribution >= 4 is 32.3 Å². The topological polar surface area (TPSA) is 0 Å². The molecule has 0 fully saturated rings. The molecule has 0 saturated heterocycles. The van der Waals surface area contributed by atoms with Gasteiger partial charge >= 0.3 is 0 Å². The van der Waals surface area contributed by atoms with Crippen molar-refractivity contribution in [2.24, 2.45) is 0 Å². The molecule has 0 aliphatic carbocycles. The van der Waals surface area contributed by atoms with Crippen molar-refractivity contribution in [1.29, 1.82) is 0 Å². The lowest BCUT2D eigenvalue weighted by Crippen LogP contribution is -2.32. The summed E-state index contributed by atoms with van der Waals surface area (Å²) in [5.41, 5.74) is 29.8. The van der Waals surface area contributed by atoms with Crippen LogP contribution in [-0.4, -0.2) is 32.3 Å². The van der Waals surface area contributed by atoms with E-state index in [9.17, 15) is 0 Å². The van der Waals surface area contributed by atoms with E-state index in [1.165, 1.54) is 0 Å². The second kappa shape index (κ2) is 5.92. The van der Waals surface area contributed by atoms with Crippen molar-refractivity contribution in [3.8, 4) is 44.3 Å². The van der Waals surface area contributed by atoms with Crippen LogP contribution < -0.4 is 0 Å². The first kappa shape index (κ1) is 17.9. The Morgan fingerprint density at radius 3 is 1.00 bits per heavy atom. The Balaban J connectivity index is 3.54. The molecular weight excluding hydrogens is 317 g/mol. The molecular formula is C17H24Si4. The Labute approximate surface area is 134 Å². The van der Waals surface area contributed by atoms with E-state index in [-0.39, 0.29) is 0 Å². The van der Waals surface area contributed by atoms with Crippen molar-refractivity contribution in [2.75, 3.05) is 0 Å². The lowest BCUT2D eigenvalue weighted by Gasteiger charge is -2.14. The summed E-state index contributed by atoms with van der Waals surface area (Å²) in [5.74, 6) is 0. The second-order valence-corrected chi connectivity index (χ2v) is 21.8. The summed E-state index contributed by atoms with van der Waals surface area (Å²) in [7, 11) is -7.44. The maximum Gasteiger partial charge on any atom is 0.234 e. The van der Waals surface area contributed by atoms with Crippen LogP contribution in [0.2, 0.25) is 45.8 Å². The van der Waals surface area contributed by atoms with Gasteiger partial charge in [-0.3, -0.25) is 0 Å². The Morgan fingerprint density at radius 1 is 0.524 bits per heavy atom. The van der Waals surface area contributed by atoms with Crippen molar-refractivity contribution in [3.05, 3.63) is 12.3 Å². The molecule has 0 bridgehead atoms. The average molecular weight is 341 g/mol. The quantitative estimate of drug-likeness (QED) is 0.508. The SMILES string of the molecule is C=C[Si]1(C)C#C[Si](C)(C)C#C[Si](C)(C)C#C[Si](C)(C)C#C1. The lowest BCUT2D eigenvalue weighted by atomic mass is 11.2. The fraction of sp³-hybridized carbons (Fsp3) is 0.412. The van der Waals surface area contributed by atoms with Gasteiger partial charge in [0.05, 0.1) is 0 Å². The zero-order chi connectivity index (χ0) is 16.4. The molecule has 1 rings (SSSR count). The predicted molar refractivity (Wildman–Crippen MR) is 105 cm³/mol. The Kier molecular flexibility index (Phi) is 5.04. The summed E-state index contributed by atoms with van der Waals surface area (Å²) in [4.78, 5) is 0. The van der Waals surface area contributed by atoms with E-state index >= 15 is 0 Å². The molecule has 21 heavy (non-hydrogen) atoms. The largest absolute Gasteiger partial charge is 0.234 e. The molecule has 0 aromatic rings. The first-order valence-corrected chi connectivity index (χ1v) is 18.8. The summed E-state index contributed by atoms with van der Waals surface area (Å²) in [6.45, 7) is 19.4. The van der Waals surface area contributed by atoms with Crippen molar-refractivity contribution in [2.45, 2.75) is 45.8 Å². The zero-order valence-corrected chi connectivity index (χ0v) is 18.3. The van der Waals surface area contributed by atoms with Crippen molar-refractivity contribution in [1.82, 2.24) is 0 Å². The predicted octanol–water partition coefficient (Wildman–Crippen LogP) is 3.26. The smallest absolute Gasteiger partial charge is 0.122 e. The van der Waals surface area contributed by atoms with Crippen LogP contribution in [0.3, 0.4) is 0 Å². The minimum atomic E-state index is -2.01. The molecule has 0 saturated carbocycles. The van der Waals surface area contributed by atoms with E-state index in [0.717, 1.165) is 0 Å². The average Bonchev–Trinajstić information content (AvgIpc) is 2.39. The van der Waals surface area contributed by atoms with Gasteiger partial charge in [0, 0.05) is 0 Å². The van der Waals surface area contributed by atoms with E-state index in [2.05, 4.69) is 96.8 Å². The Bertz CT molecular complexity index is 641. The highest BCUT2D eigenvalue weighted by atomic mass is 28.3. The minimum Gasteiger partial charge on any atom is -0.122 e. The number of rotatable bonds is 1. The monoisotopic (exact) mass is 340 g/mol. The Hall–Kier alpha value is -1.15. The van der Waals surface area contributed by atoms with Crippen LogP contribution in [0.25, 0.3) is 0 Å². The Morgan fingerprint density at radius 2 is 0.762 bits per heavy atom. The molecule has 1 aliphatic heterocycles. The molecule has 1 aliphatic rings. The van der Waals surface area contributed by atoms with Crippen molar-refractivity contribution in [3.63, 3.8) is 0 Å². The fourth-order valence-electron chi connectivity index (χ4n) is 1.42. The summed E-state index contributed by atoms with van der Waals surface area (Å²) >= 11 is 0.